The van der Waals surface area contributed by atoms with E-state index in [-0.39, 0.29) is 23.6 Å². The van der Waals surface area contributed by atoms with Gasteiger partial charge in [0.25, 0.3) is 0 Å². The van der Waals surface area contributed by atoms with Crippen molar-refractivity contribution in [2.75, 3.05) is 5.73 Å². The predicted molar refractivity (Wildman–Crippen MR) is 67.6 cm³/mol. The van der Waals surface area contributed by atoms with Crippen LogP contribution in [0.3, 0.4) is 0 Å². The number of halogens is 2. The third-order valence-corrected chi connectivity index (χ3v) is 3.77. The van der Waals surface area contributed by atoms with E-state index >= 15 is 0 Å². The highest BCUT2D eigenvalue weighted by atomic mass is 19.1. The Kier molecular flexibility index (Phi) is 2.89. The summed E-state index contributed by atoms with van der Waals surface area (Å²) in [4.78, 5) is 3.98. The Morgan fingerprint density at radius 2 is 1.89 bits per heavy atom. The molecule has 0 radical (unpaired) electrons. The second kappa shape index (κ2) is 4.45. The second-order valence-electron chi connectivity index (χ2n) is 5.06. The number of aromatic nitrogens is 2. The summed E-state index contributed by atoms with van der Waals surface area (Å²) in [6.07, 6.45) is 2.51. The van der Waals surface area contributed by atoms with Crippen molar-refractivity contribution in [2.24, 2.45) is 0 Å². The van der Waals surface area contributed by atoms with Gasteiger partial charge >= 0.3 is 0 Å². The van der Waals surface area contributed by atoms with E-state index in [0.717, 1.165) is 18.9 Å². The van der Waals surface area contributed by atoms with Crippen LogP contribution in [0.2, 0.25) is 0 Å². The fourth-order valence-electron chi connectivity index (χ4n) is 2.84. The minimum Gasteiger partial charge on any atom is -0.393 e. The topological polar surface area (TPSA) is 64.1 Å². The summed E-state index contributed by atoms with van der Waals surface area (Å²) in [5, 5.41) is 9.52. The fourth-order valence-corrected chi connectivity index (χ4v) is 2.84. The minimum absolute atomic E-state index is 0.0367. The number of nitrogen functional groups attached to an aromatic ring is 1. The normalized spacial score (nSPS) is 23.9. The lowest BCUT2D eigenvalue weighted by atomic mass is 9.93. The highest BCUT2D eigenvalue weighted by molar-refractivity contribution is 5.79. The fraction of sp³-hybridized carbons (Fsp3) is 0.462. The van der Waals surface area contributed by atoms with Crippen LogP contribution in [0.4, 0.5) is 14.7 Å². The molecule has 0 saturated heterocycles. The molecular formula is C13H15F2N3O. The zero-order valence-electron chi connectivity index (χ0n) is 10.3. The summed E-state index contributed by atoms with van der Waals surface area (Å²) in [6, 6.07) is 2.10. The largest absolute Gasteiger partial charge is 0.393 e. The van der Waals surface area contributed by atoms with Crippen molar-refractivity contribution in [2.45, 2.75) is 37.8 Å². The van der Waals surface area contributed by atoms with Crippen LogP contribution >= 0.6 is 0 Å². The summed E-state index contributed by atoms with van der Waals surface area (Å²) in [6.45, 7) is 0. The molecule has 1 aliphatic carbocycles. The van der Waals surface area contributed by atoms with E-state index in [1.54, 1.807) is 4.57 Å². The number of nitrogens with zero attached hydrogens (tertiary/aromatic N) is 2. The number of nitrogens with two attached hydrogens (primary N) is 1. The molecule has 2 aromatic rings. The Morgan fingerprint density at radius 1 is 1.21 bits per heavy atom. The average Bonchev–Trinajstić information content (AvgIpc) is 2.67. The molecule has 1 aliphatic rings. The maximum Gasteiger partial charge on any atom is 0.201 e. The van der Waals surface area contributed by atoms with Gasteiger partial charge < -0.3 is 15.4 Å². The highest BCUT2D eigenvalue weighted by Crippen LogP contribution is 2.34. The zero-order valence-corrected chi connectivity index (χ0v) is 10.3. The molecule has 0 spiro atoms. The van der Waals surface area contributed by atoms with Gasteiger partial charge in [0.15, 0.2) is 5.82 Å². The van der Waals surface area contributed by atoms with Gasteiger partial charge in [-0.25, -0.2) is 13.8 Å². The summed E-state index contributed by atoms with van der Waals surface area (Å²) in [5.74, 6) is -1.14. The van der Waals surface area contributed by atoms with Gasteiger partial charge in [-0.2, -0.15) is 0 Å². The lowest BCUT2D eigenvalue weighted by molar-refractivity contribution is 0.112. The van der Waals surface area contributed by atoms with Gasteiger partial charge in [-0.15, -0.1) is 0 Å². The predicted octanol–water partition coefficient (Wildman–Crippen LogP) is 2.37. The van der Waals surface area contributed by atoms with Crippen LogP contribution in [-0.4, -0.2) is 20.8 Å². The highest BCUT2D eigenvalue weighted by Gasteiger charge is 2.25. The number of rotatable bonds is 1. The Morgan fingerprint density at radius 3 is 2.58 bits per heavy atom. The first kappa shape index (κ1) is 12.3. The number of aliphatic hydroxyl groups is 1. The van der Waals surface area contributed by atoms with Gasteiger partial charge in [-0.3, -0.25) is 0 Å². The number of fused-ring (bicyclic) bond motifs is 1. The van der Waals surface area contributed by atoms with Crippen molar-refractivity contribution in [3.63, 3.8) is 0 Å². The second-order valence-corrected chi connectivity index (χ2v) is 5.06. The SMILES string of the molecule is Nc1nc2c(F)cc(F)cc2n1C1CCC(O)CC1. The number of benzene rings is 1. The number of hydrogen-bond donors (Lipinski definition) is 2. The van der Waals surface area contributed by atoms with Crippen LogP contribution in [0.1, 0.15) is 31.7 Å². The average molecular weight is 267 g/mol. The Hall–Kier alpha value is -1.69. The van der Waals surface area contributed by atoms with Crippen molar-refractivity contribution in [3.8, 4) is 0 Å². The molecule has 1 saturated carbocycles. The smallest absolute Gasteiger partial charge is 0.201 e. The van der Waals surface area contributed by atoms with Crippen molar-refractivity contribution >= 4 is 17.0 Å². The Balaban J connectivity index is 2.10. The molecule has 3 N–H and O–H groups in total. The molecule has 1 aromatic heterocycles. The van der Waals surface area contributed by atoms with Crippen molar-refractivity contribution in [1.82, 2.24) is 9.55 Å². The van der Waals surface area contributed by atoms with E-state index in [1.165, 1.54) is 6.07 Å². The lowest BCUT2D eigenvalue weighted by Gasteiger charge is -2.27. The molecule has 6 heteroatoms. The first-order valence-electron chi connectivity index (χ1n) is 6.37. The van der Waals surface area contributed by atoms with E-state index < -0.39 is 11.6 Å². The van der Waals surface area contributed by atoms with Gasteiger partial charge in [0.1, 0.15) is 11.3 Å². The number of imidazole rings is 1. The van der Waals surface area contributed by atoms with Gasteiger partial charge in [0.2, 0.25) is 5.95 Å². The van der Waals surface area contributed by atoms with Gasteiger partial charge in [-0.05, 0) is 25.7 Å². The molecule has 1 aromatic carbocycles. The molecule has 0 bridgehead atoms. The summed E-state index contributed by atoms with van der Waals surface area (Å²) in [7, 11) is 0. The third kappa shape index (κ3) is 2.06. The summed E-state index contributed by atoms with van der Waals surface area (Å²) < 4.78 is 28.7. The van der Waals surface area contributed by atoms with Crippen LogP contribution in [-0.2, 0) is 0 Å². The third-order valence-electron chi connectivity index (χ3n) is 3.77. The maximum absolute atomic E-state index is 13.7. The van der Waals surface area contributed by atoms with E-state index in [0.29, 0.717) is 18.4 Å². The zero-order chi connectivity index (χ0) is 13.6. The van der Waals surface area contributed by atoms with E-state index in [1.807, 2.05) is 0 Å². The van der Waals surface area contributed by atoms with Crippen molar-refractivity contribution in [3.05, 3.63) is 23.8 Å². The molecule has 1 heterocycles. The monoisotopic (exact) mass is 267 g/mol. The van der Waals surface area contributed by atoms with Crippen molar-refractivity contribution in [1.29, 1.82) is 0 Å². The van der Waals surface area contributed by atoms with E-state index in [2.05, 4.69) is 4.98 Å². The van der Waals surface area contributed by atoms with E-state index in [9.17, 15) is 13.9 Å². The van der Waals surface area contributed by atoms with Crippen LogP contribution in [0.15, 0.2) is 12.1 Å². The standard InChI is InChI=1S/C13H15F2N3O/c14-7-5-10(15)12-11(6-7)18(13(16)17-12)8-1-3-9(19)4-2-8/h5-6,8-9,19H,1-4H2,(H2,16,17). The Bertz CT molecular complexity index is 618. The molecule has 0 atom stereocenters. The van der Waals surface area contributed by atoms with Crippen LogP contribution in [0.25, 0.3) is 11.0 Å². The summed E-state index contributed by atoms with van der Waals surface area (Å²) >= 11 is 0. The molecule has 0 amide bonds. The Labute approximate surface area is 108 Å². The molecule has 19 heavy (non-hydrogen) atoms. The van der Waals surface area contributed by atoms with Crippen molar-refractivity contribution < 1.29 is 13.9 Å². The number of aliphatic hydroxyl groups excluding tert-OH is 1. The van der Waals surface area contributed by atoms with Gasteiger partial charge in [0.05, 0.1) is 11.6 Å². The lowest BCUT2D eigenvalue weighted by Crippen LogP contribution is -2.22. The van der Waals surface area contributed by atoms with Crippen LogP contribution < -0.4 is 5.73 Å². The quantitative estimate of drug-likeness (QED) is 0.833. The van der Waals surface area contributed by atoms with E-state index in [4.69, 9.17) is 5.73 Å². The first-order valence-corrected chi connectivity index (χ1v) is 6.37. The number of anilines is 1. The molecule has 4 nitrogen and oxygen atoms in total. The maximum atomic E-state index is 13.7. The minimum atomic E-state index is -0.698. The number of hydrogen-bond acceptors (Lipinski definition) is 3. The van der Waals surface area contributed by atoms with Gasteiger partial charge in [-0.1, -0.05) is 0 Å². The van der Waals surface area contributed by atoms with Gasteiger partial charge in [0, 0.05) is 18.2 Å². The van der Waals surface area contributed by atoms with Crippen LogP contribution in [0.5, 0.6) is 0 Å². The summed E-state index contributed by atoms with van der Waals surface area (Å²) in [5.41, 5.74) is 6.33. The van der Waals surface area contributed by atoms with Crippen LogP contribution in [0, 0.1) is 11.6 Å². The molecule has 3 rings (SSSR count). The molecule has 102 valence electrons. The molecule has 0 unspecified atom stereocenters. The molecule has 1 fully saturated rings. The molecular weight excluding hydrogens is 252 g/mol. The first-order chi connectivity index (χ1) is 9.06. The molecule has 0 aliphatic heterocycles.